The Kier molecular flexibility index (Phi) is 2.66. The standard InChI is InChI=1S/C11H12N2O3S/c1-7-3-4-8(5-10(7)17(2,14)15)9-6-11(12)16-13-9/h3-6H,12H2,1-2H3. The van der Waals surface area contributed by atoms with Crippen molar-refractivity contribution >= 4 is 15.7 Å². The SMILES string of the molecule is Cc1ccc(-c2cc(N)on2)cc1S(C)(=O)=O. The Morgan fingerprint density at radius 3 is 2.53 bits per heavy atom. The minimum atomic E-state index is -3.25. The summed E-state index contributed by atoms with van der Waals surface area (Å²) in [6.45, 7) is 1.75. The van der Waals surface area contributed by atoms with Crippen molar-refractivity contribution in [1.82, 2.24) is 5.16 Å². The number of nitrogens with two attached hydrogens (primary N) is 1. The van der Waals surface area contributed by atoms with Crippen LogP contribution in [0.5, 0.6) is 0 Å². The van der Waals surface area contributed by atoms with E-state index in [1.54, 1.807) is 31.2 Å². The minimum absolute atomic E-state index is 0.196. The minimum Gasteiger partial charge on any atom is -0.368 e. The zero-order valence-corrected chi connectivity index (χ0v) is 10.3. The molecule has 0 bridgehead atoms. The molecule has 2 aromatic rings. The highest BCUT2D eigenvalue weighted by Gasteiger charge is 2.13. The third-order valence-corrected chi connectivity index (χ3v) is 3.65. The molecule has 90 valence electrons. The summed E-state index contributed by atoms with van der Waals surface area (Å²) < 4.78 is 27.9. The second-order valence-electron chi connectivity index (χ2n) is 3.87. The molecule has 0 radical (unpaired) electrons. The van der Waals surface area contributed by atoms with Crippen LogP contribution in [0.15, 0.2) is 33.7 Å². The molecule has 17 heavy (non-hydrogen) atoms. The van der Waals surface area contributed by atoms with Gasteiger partial charge in [-0.25, -0.2) is 8.42 Å². The number of benzene rings is 1. The van der Waals surface area contributed by atoms with Gasteiger partial charge >= 0.3 is 0 Å². The van der Waals surface area contributed by atoms with Crippen LogP contribution in [0.2, 0.25) is 0 Å². The lowest BCUT2D eigenvalue weighted by molar-refractivity contribution is 0.439. The summed E-state index contributed by atoms with van der Waals surface area (Å²) in [6, 6.07) is 6.64. The lowest BCUT2D eigenvalue weighted by Gasteiger charge is -2.05. The summed E-state index contributed by atoms with van der Waals surface area (Å²) in [7, 11) is -3.25. The molecular formula is C11H12N2O3S. The normalized spacial score (nSPS) is 11.6. The molecule has 0 amide bonds. The number of sulfone groups is 1. The Balaban J connectivity index is 2.59. The van der Waals surface area contributed by atoms with Gasteiger partial charge in [0.2, 0.25) is 5.88 Å². The highest BCUT2D eigenvalue weighted by Crippen LogP contribution is 2.25. The number of anilines is 1. The first-order valence-electron chi connectivity index (χ1n) is 4.91. The lowest BCUT2D eigenvalue weighted by atomic mass is 10.1. The van der Waals surface area contributed by atoms with Crippen molar-refractivity contribution in [3.8, 4) is 11.3 Å². The molecule has 5 nitrogen and oxygen atoms in total. The fourth-order valence-electron chi connectivity index (χ4n) is 1.58. The van der Waals surface area contributed by atoms with Crippen molar-refractivity contribution < 1.29 is 12.9 Å². The highest BCUT2D eigenvalue weighted by molar-refractivity contribution is 7.90. The quantitative estimate of drug-likeness (QED) is 0.878. The van der Waals surface area contributed by atoms with Gasteiger partial charge in [0.1, 0.15) is 5.69 Å². The number of aromatic nitrogens is 1. The maximum Gasteiger partial charge on any atom is 0.222 e. The summed E-state index contributed by atoms with van der Waals surface area (Å²) >= 11 is 0. The number of hydrogen-bond acceptors (Lipinski definition) is 5. The third kappa shape index (κ3) is 2.31. The van der Waals surface area contributed by atoms with Gasteiger partial charge in [-0.15, -0.1) is 0 Å². The largest absolute Gasteiger partial charge is 0.368 e. The second-order valence-corrected chi connectivity index (χ2v) is 5.85. The Labute approximate surface area is 99.1 Å². The number of aryl methyl sites for hydroxylation is 1. The molecule has 0 fully saturated rings. The molecule has 0 atom stereocenters. The molecule has 1 aromatic carbocycles. The summed E-state index contributed by atoms with van der Waals surface area (Å²) in [5.41, 5.74) is 7.31. The van der Waals surface area contributed by atoms with Crippen LogP contribution in [0.4, 0.5) is 5.88 Å². The van der Waals surface area contributed by atoms with E-state index in [-0.39, 0.29) is 10.8 Å². The monoisotopic (exact) mass is 252 g/mol. The molecule has 0 aliphatic heterocycles. The molecule has 6 heteroatoms. The summed E-state index contributed by atoms with van der Waals surface area (Å²) in [5, 5.41) is 3.74. The number of nitrogens with zero attached hydrogens (tertiary/aromatic N) is 1. The van der Waals surface area contributed by atoms with E-state index in [1.165, 1.54) is 6.26 Å². The Morgan fingerprint density at radius 1 is 1.29 bits per heavy atom. The van der Waals surface area contributed by atoms with Crippen LogP contribution in [0.25, 0.3) is 11.3 Å². The van der Waals surface area contributed by atoms with Gasteiger partial charge in [0.15, 0.2) is 9.84 Å². The van der Waals surface area contributed by atoms with Crippen LogP contribution in [-0.4, -0.2) is 19.8 Å². The Morgan fingerprint density at radius 2 is 2.00 bits per heavy atom. The van der Waals surface area contributed by atoms with E-state index in [2.05, 4.69) is 5.16 Å². The van der Waals surface area contributed by atoms with Crippen LogP contribution in [0.1, 0.15) is 5.56 Å². The van der Waals surface area contributed by atoms with Crippen LogP contribution >= 0.6 is 0 Å². The van der Waals surface area contributed by atoms with E-state index in [0.29, 0.717) is 16.8 Å². The molecule has 2 N–H and O–H groups in total. The fraction of sp³-hybridized carbons (Fsp3) is 0.182. The molecule has 0 spiro atoms. The molecule has 0 aliphatic carbocycles. The fourth-order valence-corrected chi connectivity index (χ4v) is 2.58. The first-order valence-corrected chi connectivity index (χ1v) is 6.80. The van der Waals surface area contributed by atoms with Crippen molar-refractivity contribution in [2.24, 2.45) is 0 Å². The smallest absolute Gasteiger partial charge is 0.222 e. The number of nitrogen functional groups attached to an aromatic ring is 1. The topological polar surface area (TPSA) is 86.2 Å². The Bertz CT molecular complexity index is 659. The molecule has 0 aliphatic rings. The van der Waals surface area contributed by atoms with E-state index >= 15 is 0 Å². The van der Waals surface area contributed by atoms with Crippen molar-refractivity contribution in [1.29, 1.82) is 0 Å². The first-order chi connectivity index (χ1) is 7.88. The molecule has 2 rings (SSSR count). The van der Waals surface area contributed by atoms with Crippen molar-refractivity contribution in [3.05, 3.63) is 29.8 Å². The van der Waals surface area contributed by atoms with E-state index in [4.69, 9.17) is 10.3 Å². The van der Waals surface area contributed by atoms with Gasteiger partial charge in [0.25, 0.3) is 0 Å². The predicted molar refractivity (Wildman–Crippen MR) is 64.2 cm³/mol. The number of rotatable bonds is 2. The maximum absolute atomic E-state index is 11.6. The van der Waals surface area contributed by atoms with Crippen LogP contribution in [0.3, 0.4) is 0 Å². The predicted octanol–water partition coefficient (Wildman–Crippen LogP) is 1.64. The van der Waals surface area contributed by atoms with Crippen molar-refractivity contribution in [3.63, 3.8) is 0 Å². The zero-order valence-electron chi connectivity index (χ0n) is 9.47. The van der Waals surface area contributed by atoms with Gasteiger partial charge in [-0.05, 0) is 18.6 Å². The first kappa shape index (κ1) is 11.7. The van der Waals surface area contributed by atoms with Gasteiger partial charge < -0.3 is 10.3 Å². The molecule has 1 heterocycles. The van der Waals surface area contributed by atoms with Gasteiger partial charge in [-0.1, -0.05) is 17.3 Å². The van der Waals surface area contributed by atoms with Crippen LogP contribution < -0.4 is 5.73 Å². The van der Waals surface area contributed by atoms with Crippen LogP contribution in [-0.2, 0) is 9.84 Å². The second kappa shape index (κ2) is 3.89. The summed E-state index contributed by atoms with van der Waals surface area (Å²) in [4.78, 5) is 0.288. The average molecular weight is 252 g/mol. The molecule has 1 aromatic heterocycles. The average Bonchev–Trinajstić information content (AvgIpc) is 2.64. The van der Waals surface area contributed by atoms with Crippen molar-refractivity contribution in [2.75, 3.05) is 12.0 Å². The summed E-state index contributed by atoms with van der Waals surface area (Å²) in [5.74, 6) is 0.196. The van der Waals surface area contributed by atoms with Crippen LogP contribution in [0, 0.1) is 6.92 Å². The van der Waals surface area contributed by atoms with Gasteiger partial charge in [0, 0.05) is 17.9 Å². The van der Waals surface area contributed by atoms with Gasteiger partial charge in [-0.3, -0.25) is 0 Å². The Hall–Kier alpha value is -1.82. The zero-order chi connectivity index (χ0) is 12.6. The van der Waals surface area contributed by atoms with E-state index in [0.717, 1.165) is 0 Å². The van der Waals surface area contributed by atoms with Gasteiger partial charge in [-0.2, -0.15) is 0 Å². The molecule has 0 unspecified atom stereocenters. The van der Waals surface area contributed by atoms with E-state index in [1.807, 2.05) is 0 Å². The maximum atomic E-state index is 11.6. The van der Waals surface area contributed by atoms with Gasteiger partial charge in [0.05, 0.1) is 4.90 Å². The molecular weight excluding hydrogens is 240 g/mol. The summed E-state index contributed by atoms with van der Waals surface area (Å²) in [6.07, 6.45) is 1.18. The van der Waals surface area contributed by atoms with Crippen molar-refractivity contribution in [2.45, 2.75) is 11.8 Å². The van der Waals surface area contributed by atoms with E-state index in [9.17, 15) is 8.42 Å². The lowest BCUT2D eigenvalue weighted by Crippen LogP contribution is -2.00. The third-order valence-electron chi connectivity index (χ3n) is 2.41. The highest BCUT2D eigenvalue weighted by atomic mass is 32.2. The van der Waals surface area contributed by atoms with E-state index < -0.39 is 9.84 Å². The molecule has 0 saturated heterocycles. The molecule has 0 saturated carbocycles. The number of hydrogen-bond donors (Lipinski definition) is 1.